The Balaban J connectivity index is 2.20. The fourth-order valence-corrected chi connectivity index (χ4v) is 3.84. The SMILES string of the molecule is CCN(CC(=O)Nc1cc(C(F)(F)F)ccc1Cl)S(=O)(=O)c1ccc(F)cc1. The Morgan fingerprint density at radius 1 is 1.14 bits per heavy atom. The van der Waals surface area contributed by atoms with Crippen LogP contribution in [-0.2, 0) is 21.0 Å². The minimum Gasteiger partial charge on any atom is -0.324 e. The molecule has 0 heterocycles. The van der Waals surface area contributed by atoms with Crippen LogP contribution in [-0.4, -0.2) is 31.7 Å². The lowest BCUT2D eigenvalue weighted by atomic mass is 10.2. The topological polar surface area (TPSA) is 66.5 Å². The summed E-state index contributed by atoms with van der Waals surface area (Å²) in [6, 6.07) is 6.42. The molecule has 0 aliphatic rings. The Bertz CT molecular complexity index is 963. The smallest absolute Gasteiger partial charge is 0.324 e. The number of hydrogen-bond donors (Lipinski definition) is 1. The highest BCUT2D eigenvalue weighted by Gasteiger charge is 2.31. The molecule has 2 aromatic rings. The number of nitrogens with zero attached hydrogens (tertiary/aromatic N) is 1. The van der Waals surface area contributed by atoms with Crippen LogP contribution in [0.15, 0.2) is 47.4 Å². The van der Waals surface area contributed by atoms with E-state index in [1.165, 1.54) is 6.92 Å². The number of amides is 1. The van der Waals surface area contributed by atoms with Gasteiger partial charge in [0.25, 0.3) is 0 Å². The van der Waals surface area contributed by atoms with Crippen molar-refractivity contribution in [3.63, 3.8) is 0 Å². The molecular weight excluding hydrogens is 424 g/mol. The number of nitrogens with one attached hydrogen (secondary N) is 1. The fraction of sp³-hybridized carbons (Fsp3) is 0.235. The highest BCUT2D eigenvalue weighted by Crippen LogP contribution is 2.33. The van der Waals surface area contributed by atoms with E-state index < -0.39 is 40.0 Å². The Labute approximate surface area is 164 Å². The fourth-order valence-electron chi connectivity index (χ4n) is 2.27. The van der Waals surface area contributed by atoms with E-state index in [1.54, 1.807) is 0 Å². The molecule has 5 nitrogen and oxygen atoms in total. The molecule has 0 atom stereocenters. The van der Waals surface area contributed by atoms with Crippen molar-refractivity contribution >= 4 is 33.2 Å². The molecule has 0 aromatic heterocycles. The van der Waals surface area contributed by atoms with E-state index in [2.05, 4.69) is 5.32 Å². The minimum atomic E-state index is -4.63. The molecule has 1 amide bonds. The number of benzene rings is 2. The summed E-state index contributed by atoms with van der Waals surface area (Å²) in [6.45, 7) is 0.720. The number of halogens is 5. The van der Waals surface area contributed by atoms with Crippen LogP contribution in [0.5, 0.6) is 0 Å². The Kier molecular flexibility index (Phi) is 6.68. The Hall–Kier alpha value is -2.17. The van der Waals surface area contributed by atoms with Crippen molar-refractivity contribution in [1.82, 2.24) is 4.31 Å². The first kappa shape index (κ1) is 22.1. The number of hydrogen-bond acceptors (Lipinski definition) is 3. The maximum atomic E-state index is 13.0. The van der Waals surface area contributed by atoms with Gasteiger partial charge in [-0.05, 0) is 42.5 Å². The van der Waals surface area contributed by atoms with Crippen LogP contribution in [0.1, 0.15) is 12.5 Å². The van der Waals surface area contributed by atoms with Gasteiger partial charge in [-0.15, -0.1) is 0 Å². The largest absolute Gasteiger partial charge is 0.416 e. The molecule has 0 spiro atoms. The van der Waals surface area contributed by atoms with Crippen LogP contribution >= 0.6 is 11.6 Å². The first-order valence-electron chi connectivity index (χ1n) is 7.87. The molecule has 0 saturated heterocycles. The van der Waals surface area contributed by atoms with Gasteiger partial charge in [0, 0.05) is 6.54 Å². The molecule has 0 saturated carbocycles. The van der Waals surface area contributed by atoms with Crippen LogP contribution < -0.4 is 5.32 Å². The molecule has 11 heteroatoms. The molecule has 0 bridgehead atoms. The van der Waals surface area contributed by atoms with Crippen molar-refractivity contribution in [3.05, 3.63) is 58.9 Å². The van der Waals surface area contributed by atoms with Crippen LogP contribution in [0.2, 0.25) is 5.02 Å². The zero-order valence-electron chi connectivity index (χ0n) is 14.4. The molecule has 0 aliphatic heterocycles. The van der Waals surface area contributed by atoms with Crippen molar-refractivity contribution in [2.45, 2.75) is 18.0 Å². The number of alkyl halides is 3. The lowest BCUT2D eigenvalue weighted by molar-refractivity contribution is -0.137. The molecule has 1 N–H and O–H groups in total. The van der Waals surface area contributed by atoms with Crippen LogP contribution in [0, 0.1) is 5.82 Å². The standard InChI is InChI=1S/C17H15ClF4N2O3S/c1-2-24(28(26,27)13-6-4-12(19)5-7-13)10-16(25)23-15-9-11(17(20,21)22)3-8-14(15)18/h3-9H,2,10H2,1H3,(H,23,25). The number of anilines is 1. The third kappa shape index (κ3) is 5.21. The molecule has 0 aliphatic carbocycles. The number of likely N-dealkylation sites (N-methyl/N-ethyl adjacent to an activating group) is 1. The molecule has 2 aromatic carbocycles. The minimum absolute atomic E-state index is 0.0938. The third-order valence-corrected chi connectivity index (χ3v) is 5.96. The zero-order valence-corrected chi connectivity index (χ0v) is 16.0. The molecule has 0 radical (unpaired) electrons. The summed E-state index contributed by atoms with van der Waals surface area (Å²) < 4.78 is 77.3. The van der Waals surface area contributed by atoms with Gasteiger partial charge in [0.2, 0.25) is 15.9 Å². The van der Waals surface area contributed by atoms with E-state index in [0.717, 1.165) is 40.7 Å². The second kappa shape index (κ2) is 8.46. The molecule has 0 fully saturated rings. The van der Waals surface area contributed by atoms with Gasteiger partial charge >= 0.3 is 6.18 Å². The van der Waals surface area contributed by atoms with E-state index >= 15 is 0 Å². The average Bonchev–Trinajstić information content (AvgIpc) is 2.60. The predicted octanol–water partition coefficient (Wildman–Crippen LogP) is 4.15. The second-order valence-electron chi connectivity index (χ2n) is 5.63. The molecule has 0 unspecified atom stereocenters. The van der Waals surface area contributed by atoms with Crippen LogP contribution in [0.25, 0.3) is 0 Å². The second-order valence-corrected chi connectivity index (χ2v) is 7.97. The van der Waals surface area contributed by atoms with Gasteiger partial charge in [-0.25, -0.2) is 12.8 Å². The summed E-state index contributed by atoms with van der Waals surface area (Å²) in [6.07, 6.45) is -4.63. The summed E-state index contributed by atoms with van der Waals surface area (Å²) in [5, 5.41) is 2.05. The van der Waals surface area contributed by atoms with Gasteiger partial charge in [-0.2, -0.15) is 17.5 Å². The van der Waals surface area contributed by atoms with Crippen molar-refractivity contribution in [1.29, 1.82) is 0 Å². The Morgan fingerprint density at radius 2 is 1.75 bits per heavy atom. The third-order valence-electron chi connectivity index (χ3n) is 3.69. The lowest BCUT2D eigenvalue weighted by Gasteiger charge is -2.20. The highest BCUT2D eigenvalue weighted by atomic mass is 35.5. The first-order chi connectivity index (χ1) is 12.9. The maximum absolute atomic E-state index is 13.0. The molecule has 28 heavy (non-hydrogen) atoms. The summed E-state index contributed by atoms with van der Waals surface area (Å²) in [5.41, 5.74) is -1.31. The number of carbonyl (C=O) groups excluding carboxylic acids is 1. The van der Waals surface area contributed by atoms with Crippen LogP contribution in [0.3, 0.4) is 0 Å². The maximum Gasteiger partial charge on any atom is 0.416 e. The summed E-state index contributed by atoms with van der Waals surface area (Å²) >= 11 is 5.81. The molecular formula is C17H15ClF4N2O3S. The Morgan fingerprint density at radius 3 is 2.29 bits per heavy atom. The molecule has 2 rings (SSSR count). The zero-order chi connectivity index (χ0) is 21.1. The number of rotatable bonds is 6. The van der Waals surface area contributed by atoms with Gasteiger partial charge in [0.1, 0.15) is 5.82 Å². The van der Waals surface area contributed by atoms with E-state index in [0.29, 0.717) is 6.07 Å². The number of carbonyl (C=O) groups is 1. The van der Waals surface area contributed by atoms with E-state index in [-0.39, 0.29) is 22.2 Å². The van der Waals surface area contributed by atoms with Gasteiger partial charge in [0.05, 0.1) is 27.7 Å². The van der Waals surface area contributed by atoms with E-state index in [4.69, 9.17) is 11.6 Å². The normalized spacial score (nSPS) is 12.2. The van der Waals surface area contributed by atoms with Crippen molar-refractivity contribution in [2.75, 3.05) is 18.4 Å². The predicted molar refractivity (Wildman–Crippen MR) is 95.9 cm³/mol. The monoisotopic (exact) mass is 438 g/mol. The summed E-state index contributed by atoms with van der Waals surface area (Å²) in [5.74, 6) is -1.51. The van der Waals surface area contributed by atoms with Gasteiger partial charge in [0.15, 0.2) is 0 Å². The average molecular weight is 439 g/mol. The lowest BCUT2D eigenvalue weighted by Crippen LogP contribution is -2.37. The number of sulfonamides is 1. The van der Waals surface area contributed by atoms with Crippen molar-refractivity contribution in [2.24, 2.45) is 0 Å². The molecule has 152 valence electrons. The van der Waals surface area contributed by atoms with E-state index in [1.807, 2.05) is 0 Å². The first-order valence-corrected chi connectivity index (χ1v) is 9.69. The quantitative estimate of drug-likeness (QED) is 0.689. The van der Waals surface area contributed by atoms with Crippen LogP contribution in [0.4, 0.5) is 23.2 Å². The summed E-state index contributed by atoms with van der Waals surface area (Å²) in [4.78, 5) is 12.0. The van der Waals surface area contributed by atoms with Crippen molar-refractivity contribution < 1.29 is 30.8 Å². The van der Waals surface area contributed by atoms with E-state index in [9.17, 15) is 30.8 Å². The van der Waals surface area contributed by atoms with Gasteiger partial charge in [-0.3, -0.25) is 4.79 Å². The van der Waals surface area contributed by atoms with Gasteiger partial charge in [-0.1, -0.05) is 18.5 Å². The van der Waals surface area contributed by atoms with Gasteiger partial charge < -0.3 is 5.32 Å². The van der Waals surface area contributed by atoms with Crippen molar-refractivity contribution in [3.8, 4) is 0 Å². The highest BCUT2D eigenvalue weighted by molar-refractivity contribution is 7.89. The summed E-state index contributed by atoms with van der Waals surface area (Å²) in [7, 11) is -4.10.